The number of rotatable bonds is 0. The van der Waals surface area contributed by atoms with Crippen molar-refractivity contribution in [2.45, 2.75) is 36.2 Å². The lowest BCUT2D eigenvalue weighted by molar-refractivity contribution is -0.118. The molecule has 50 valence electrons. The summed E-state index contributed by atoms with van der Waals surface area (Å²) in [5.74, 6) is 0.501. The van der Waals surface area contributed by atoms with Gasteiger partial charge in [-0.25, -0.2) is 0 Å². The zero-order chi connectivity index (χ0) is 6.27. The maximum Gasteiger partial charge on any atom is 0.135 e. The fraction of sp³-hybridized carbons (Fsp3) is 0.857. The maximum absolute atomic E-state index is 10.9. The molecule has 2 rings (SSSR count). The minimum Gasteiger partial charge on any atom is -0.300 e. The SMILES string of the molecule is O=C1C[C@H]2CC[C@H](C1)S2. The molecule has 2 bridgehead atoms. The van der Waals surface area contributed by atoms with Gasteiger partial charge < -0.3 is 0 Å². The first-order valence-corrected chi connectivity index (χ1v) is 4.46. The van der Waals surface area contributed by atoms with E-state index >= 15 is 0 Å². The van der Waals surface area contributed by atoms with E-state index in [2.05, 4.69) is 0 Å². The summed E-state index contributed by atoms with van der Waals surface area (Å²) >= 11 is 2.04. The first-order valence-electron chi connectivity index (χ1n) is 3.52. The molecule has 0 N–H and O–H groups in total. The third-order valence-corrected chi connectivity index (χ3v) is 3.68. The van der Waals surface area contributed by atoms with E-state index in [0.29, 0.717) is 16.3 Å². The lowest BCUT2D eigenvalue weighted by Crippen LogP contribution is -2.15. The van der Waals surface area contributed by atoms with Gasteiger partial charge >= 0.3 is 0 Å². The first kappa shape index (κ1) is 5.78. The molecule has 2 aliphatic rings. The standard InChI is InChI=1S/C7H10OS/c8-5-3-6-1-2-7(4-5)9-6/h6-7H,1-4H2/t6-,7-/m1/s1. The van der Waals surface area contributed by atoms with E-state index in [9.17, 15) is 4.79 Å². The Morgan fingerprint density at radius 1 is 1.22 bits per heavy atom. The van der Waals surface area contributed by atoms with E-state index in [0.717, 1.165) is 12.8 Å². The van der Waals surface area contributed by atoms with E-state index in [1.165, 1.54) is 12.8 Å². The van der Waals surface area contributed by atoms with E-state index in [4.69, 9.17) is 0 Å². The van der Waals surface area contributed by atoms with E-state index in [1.807, 2.05) is 11.8 Å². The quantitative estimate of drug-likeness (QED) is 0.511. The Morgan fingerprint density at radius 2 is 1.78 bits per heavy atom. The van der Waals surface area contributed by atoms with Crippen molar-refractivity contribution in [2.75, 3.05) is 0 Å². The number of hydrogen-bond donors (Lipinski definition) is 0. The number of fused-ring (bicyclic) bond motifs is 2. The minimum atomic E-state index is 0.501. The number of Topliss-reactive ketones (excluding diaryl/α,β-unsaturated/α-hetero) is 1. The summed E-state index contributed by atoms with van der Waals surface area (Å²) in [6, 6.07) is 0. The van der Waals surface area contributed by atoms with Crippen molar-refractivity contribution in [3.05, 3.63) is 0 Å². The maximum atomic E-state index is 10.9. The van der Waals surface area contributed by atoms with Gasteiger partial charge in [-0.15, -0.1) is 0 Å². The van der Waals surface area contributed by atoms with Crippen molar-refractivity contribution in [1.29, 1.82) is 0 Å². The monoisotopic (exact) mass is 142 g/mol. The van der Waals surface area contributed by atoms with Crippen molar-refractivity contribution in [1.82, 2.24) is 0 Å². The van der Waals surface area contributed by atoms with E-state index < -0.39 is 0 Å². The van der Waals surface area contributed by atoms with Gasteiger partial charge in [0, 0.05) is 23.3 Å². The molecule has 0 aromatic heterocycles. The van der Waals surface area contributed by atoms with Gasteiger partial charge in [-0.05, 0) is 12.8 Å². The van der Waals surface area contributed by atoms with Crippen LogP contribution in [0.25, 0.3) is 0 Å². The lowest BCUT2D eigenvalue weighted by Gasteiger charge is -2.15. The zero-order valence-corrected chi connectivity index (χ0v) is 6.12. The van der Waals surface area contributed by atoms with Crippen LogP contribution in [-0.4, -0.2) is 16.3 Å². The Morgan fingerprint density at radius 3 is 2.33 bits per heavy atom. The number of hydrogen-bond acceptors (Lipinski definition) is 2. The molecule has 0 aliphatic carbocycles. The van der Waals surface area contributed by atoms with Gasteiger partial charge in [0.05, 0.1) is 0 Å². The van der Waals surface area contributed by atoms with Crippen molar-refractivity contribution < 1.29 is 4.79 Å². The predicted octanol–water partition coefficient (Wildman–Crippen LogP) is 1.61. The van der Waals surface area contributed by atoms with Crippen LogP contribution in [0.3, 0.4) is 0 Å². The summed E-state index contributed by atoms with van der Waals surface area (Å²) in [4.78, 5) is 10.9. The fourth-order valence-electron chi connectivity index (χ4n) is 1.67. The summed E-state index contributed by atoms with van der Waals surface area (Å²) < 4.78 is 0. The van der Waals surface area contributed by atoms with Crippen LogP contribution < -0.4 is 0 Å². The van der Waals surface area contributed by atoms with Crippen molar-refractivity contribution in [3.63, 3.8) is 0 Å². The Bertz CT molecular complexity index is 130. The summed E-state index contributed by atoms with van der Waals surface area (Å²) in [5.41, 5.74) is 0. The number of carbonyl (C=O) groups is 1. The molecular weight excluding hydrogens is 132 g/mol. The third kappa shape index (κ3) is 1.00. The number of thioether (sulfide) groups is 1. The average molecular weight is 142 g/mol. The largest absolute Gasteiger partial charge is 0.300 e. The minimum absolute atomic E-state index is 0.501. The van der Waals surface area contributed by atoms with Crippen molar-refractivity contribution in [3.8, 4) is 0 Å². The van der Waals surface area contributed by atoms with E-state index in [-0.39, 0.29) is 0 Å². The Labute approximate surface area is 59.2 Å². The van der Waals surface area contributed by atoms with Crippen LogP contribution in [0.5, 0.6) is 0 Å². The third-order valence-electron chi connectivity index (χ3n) is 2.11. The molecule has 2 atom stereocenters. The van der Waals surface area contributed by atoms with Crippen LogP contribution in [0.2, 0.25) is 0 Å². The first-order chi connectivity index (χ1) is 4.34. The molecule has 2 heteroatoms. The molecule has 2 aliphatic heterocycles. The van der Waals surface area contributed by atoms with Gasteiger partial charge in [0.25, 0.3) is 0 Å². The van der Waals surface area contributed by atoms with Crippen LogP contribution in [0.15, 0.2) is 0 Å². The number of carbonyl (C=O) groups excluding carboxylic acids is 1. The van der Waals surface area contributed by atoms with Crippen LogP contribution in [0.1, 0.15) is 25.7 Å². The van der Waals surface area contributed by atoms with Crippen LogP contribution in [-0.2, 0) is 4.79 Å². The highest BCUT2D eigenvalue weighted by atomic mass is 32.2. The zero-order valence-electron chi connectivity index (χ0n) is 5.30. The van der Waals surface area contributed by atoms with Gasteiger partial charge in [-0.1, -0.05) is 0 Å². The second-order valence-corrected chi connectivity index (χ2v) is 4.51. The van der Waals surface area contributed by atoms with Gasteiger partial charge in [0.2, 0.25) is 0 Å². The fourth-order valence-corrected chi connectivity index (χ4v) is 3.32. The molecule has 0 aromatic carbocycles. The molecule has 0 saturated carbocycles. The molecule has 2 heterocycles. The lowest BCUT2D eigenvalue weighted by atomic mass is 10.2. The highest BCUT2D eigenvalue weighted by Crippen LogP contribution is 2.41. The Kier molecular flexibility index (Phi) is 1.29. The molecule has 0 aromatic rings. The molecule has 2 fully saturated rings. The van der Waals surface area contributed by atoms with Gasteiger partial charge in [-0.2, -0.15) is 11.8 Å². The van der Waals surface area contributed by atoms with Crippen molar-refractivity contribution in [2.24, 2.45) is 0 Å². The Hall–Kier alpha value is 0.0200. The predicted molar refractivity (Wildman–Crippen MR) is 38.6 cm³/mol. The molecule has 0 spiro atoms. The van der Waals surface area contributed by atoms with Crippen LogP contribution in [0.4, 0.5) is 0 Å². The van der Waals surface area contributed by atoms with Crippen LogP contribution >= 0.6 is 11.8 Å². The molecular formula is C7H10OS. The normalized spacial score (nSPS) is 41.6. The average Bonchev–Trinajstić information content (AvgIpc) is 2.11. The molecule has 0 radical (unpaired) electrons. The molecule has 0 amide bonds. The molecule has 0 unspecified atom stereocenters. The van der Waals surface area contributed by atoms with Crippen LogP contribution in [0, 0.1) is 0 Å². The topological polar surface area (TPSA) is 17.1 Å². The molecule has 1 nitrogen and oxygen atoms in total. The Balaban J connectivity index is 2.11. The summed E-state index contributed by atoms with van der Waals surface area (Å²) in [6.07, 6.45) is 4.31. The summed E-state index contributed by atoms with van der Waals surface area (Å²) in [7, 11) is 0. The number of ketones is 1. The van der Waals surface area contributed by atoms with E-state index in [1.54, 1.807) is 0 Å². The van der Waals surface area contributed by atoms with Gasteiger partial charge in [0.15, 0.2) is 0 Å². The summed E-state index contributed by atoms with van der Waals surface area (Å²) in [6.45, 7) is 0. The highest BCUT2D eigenvalue weighted by Gasteiger charge is 2.33. The second-order valence-electron chi connectivity index (χ2n) is 2.90. The van der Waals surface area contributed by atoms with Gasteiger partial charge in [0.1, 0.15) is 5.78 Å². The highest BCUT2D eigenvalue weighted by molar-refractivity contribution is 8.00. The molecule has 9 heavy (non-hydrogen) atoms. The van der Waals surface area contributed by atoms with Crippen molar-refractivity contribution >= 4 is 17.5 Å². The van der Waals surface area contributed by atoms with Gasteiger partial charge in [-0.3, -0.25) is 4.79 Å². The molecule has 2 saturated heterocycles. The smallest absolute Gasteiger partial charge is 0.135 e. The summed E-state index contributed by atoms with van der Waals surface area (Å²) in [5, 5.41) is 1.41. The second kappa shape index (κ2) is 2.01.